The van der Waals surface area contributed by atoms with Gasteiger partial charge in [-0.1, -0.05) is 24.3 Å². The molecule has 2 rings (SSSR count). The molecule has 0 atom stereocenters. The number of nitrogens with two attached hydrogens (primary N) is 1. The highest BCUT2D eigenvalue weighted by atomic mass is 32.2. The first kappa shape index (κ1) is 14.6. The molecule has 5 nitrogen and oxygen atoms in total. The van der Waals surface area contributed by atoms with Gasteiger partial charge in [0.25, 0.3) is 5.91 Å². The molecule has 0 unspecified atom stereocenters. The number of rotatable bonds is 6. The van der Waals surface area contributed by atoms with E-state index >= 15 is 0 Å². The van der Waals surface area contributed by atoms with Crippen molar-refractivity contribution in [3.63, 3.8) is 0 Å². The molecule has 0 aliphatic carbocycles. The van der Waals surface area contributed by atoms with Gasteiger partial charge in [-0.05, 0) is 29.9 Å². The van der Waals surface area contributed by atoms with E-state index in [9.17, 15) is 4.79 Å². The second-order valence-corrected chi connectivity index (χ2v) is 5.31. The Morgan fingerprint density at radius 1 is 1.40 bits per heavy atom. The number of anilines is 1. The Labute approximate surface area is 122 Å². The minimum Gasteiger partial charge on any atom is -0.351 e. The Balaban J connectivity index is 2.19. The molecule has 0 fully saturated rings. The monoisotopic (exact) mass is 290 g/mol. The Morgan fingerprint density at radius 2 is 2.20 bits per heavy atom. The highest BCUT2D eigenvalue weighted by molar-refractivity contribution is 7.98. The lowest BCUT2D eigenvalue weighted by Gasteiger charge is -2.09. The molecule has 0 radical (unpaired) electrons. The second kappa shape index (κ2) is 7.12. The second-order valence-electron chi connectivity index (χ2n) is 4.32. The van der Waals surface area contributed by atoms with Gasteiger partial charge in [-0.25, -0.2) is 10.8 Å². The average Bonchev–Trinajstić information content (AvgIpc) is 2.50. The quantitative estimate of drug-likeness (QED) is 0.431. The first-order chi connectivity index (χ1) is 9.76. The molecule has 6 heteroatoms. The van der Waals surface area contributed by atoms with Crippen molar-refractivity contribution in [2.75, 3.05) is 24.0 Å². The van der Waals surface area contributed by atoms with E-state index in [1.54, 1.807) is 17.8 Å². The van der Waals surface area contributed by atoms with E-state index < -0.39 is 0 Å². The molecule has 0 aliphatic heterocycles. The summed E-state index contributed by atoms with van der Waals surface area (Å²) >= 11 is 1.76. The molecule has 2 aromatic rings. The van der Waals surface area contributed by atoms with Gasteiger partial charge in [-0.3, -0.25) is 4.79 Å². The summed E-state index contributed by atoms with van der Waals surface area (Å²) in [5.74, 6) is 6.85. The van der Waals surface area contributed by atoms with Crippen molar-refractivity contribution < 1.29 is 4.79 Å². The minimum atomic E-state index is -0.173. The van der Waals surface area contributed by atoms with Crippen LogP contribution in [0.4, 0.5) is 5.82 Å². The normalized spacial score (nSPS) is 10.5. The zero-order valence-corrected chi connectivity index (χ0v) is 12.2. The zero-order valence-electron chi connectivity index (χ0n) is 11.3. The maximum Gasteiger partial charge on any atom is 0.269 e. The Hall–Kier alpha value is -1.79. The third kappa shape index (κ3) is 3.40. The third-order valence-corrected chi connectivity index (χ3v) is 3.62. The zero-order chi connectivity index (χ0) is 14.4. The number of pyridine rings is 1. The number of nitrogen functional groups attached to an aromatic ring is 1. The number of nitrogens with zero attached hydrogens (tertiary/aromatic N) is 1. The number of fused-ring (bicyclic) bond motifs is 1. The van der Waals surface area contributed by atoms with Gasteiger partial charge in [0.1, 0.15) is 11.5 Å². The Kier molecular flexibility index (Phi) is 5.20. The number of aromatic nitrogens is 1. The molecular weight excluding hydrogens is 272 g/mol. The van der Waals surface area contributed by atoms with Crippen LogP contribution in [0.2, 0.25) is 0 Å². The van der Waals surface area contributed by atoms with E-state index in [4.69, 9.17) is 5.84 Å². The highest BCUT2D eigenvalue weighted by Gasteiger charge is 2.11. The van der Waals surface area contributed by atoms with Crippen molar-refractivity contribution >= 4 is 34.3 Å². The average molecular weight is 290 g/mol. The van der Waals surface area contributed by atoms with Crippen molar-refractivity contribution in [2.45, 2.75) is 6.42 Å². The number of hydrogen-bond acceptors (Lipinski definition) is 5. The topological polar surface area (TPSA) is 80.0 Å². The van der Waals surface area contributed by atoms with Crippen LogP contribution in [0.5, 0.6) is 0 Å². The number of nitrogens with one attached hydrogen (secondary N) is 2. The summed E-state index contributed by atoms with van der Waals surface area (Å²) in [6, 6.07) is 9.45. The van der Waals surface area contributed by atoms with Crippen LogP contribution in [0.1, 0.15) is 16.9 Å². The SMILES string of the molecule is CSCCCNC(=O)c1cc2ccccc2c(NN)n1. The fourth-order valence-corrected chi connectivity index (χ4v) is 2.37. The smallest absolute Gasteiger partial charge is 0.269 e. The van der Waals surface area contributed by atoms with E-state index in [-0.39, 0.29) is 5.91 Å². The van der Waals surface area contributed by atoms with Crippen LogP contribution in [0.3, 0.4) is 0 Å². The van der Waals surface area contributed by atoms with Crippen LogP contribution in [0, 0.1) is 0 Å². The van der Waals surface area contributed by atoms with E-state index in [1.165, 1.54) is 0 Å². The Bertz CT molecular complexity index is 603. The summed E-state index contributed by atoms with van der Waals surface area (Å²) in [5.41, 5.74) is 2.92. The van der Waals surface area contributed by atoms with Crippen molar-refractivity contribution in [1.82, 2.24) is 10.3 Å². The number of benzene rings is 1. The van der Waals surface area contributed by atoms with Gasteiger partial charge in [-0.2, -0.15) is 11.8 Å². The molecular formula is C14H18N4OS. The van der Waals surface area contributed by atoms with Gasteiger partial charge in [0, 0.05) is 11.9 Å². The van der Waals surface area contributed by atoms with Crippen LogP contribution in [-0.4, -0.2) is 29.4 Å². The molecule has 106 valence electrons. The molecule has 0 spiro atoms. The molecule has 1 aromatic heterocycles. The van der Waals surface area contributed by atoms with Crippen molar-refractivity contribution in [3.05, 3.63) is 36.0 Å². The van der Waals surface area contributed by atoms with Crippen molar-refractivity contribution in [2.24, 2.45) is 5.84 Å². The van der Waals surface area contributed by atoms with Crippen molar-refractivity contribution in [3.8, 4) is 0 Å². The third-order valence-electron chi connectivity index (χ3n) is 2.92. The summed E-state index contributed by atoms with van der Waals surface area (Å²) in [6.45, 7) is 0.652. The van der Waals surface area contributed by atoms with Gasteiger partial charge in [0.2, 0.25) is 0 Å². The summed E-state index contributed by atoms with van der Waals surface area (Å²) in [4.78, 5) is 16.3. The lowest BCUT2D eigenvalue weighted by Crippen LogP contribution is -2.26. The summed E-state index contributed by atoms with van der Waals surface area (Å²) in [5, 5.41) is 4.70. The summed E-state index contributed by atoms with van der Waals surface area (Å²) in [7, 11) is 0. The molecule has 4 N–H and O–H groups in total. The van der Waals surface area contributed by atoms with Gasteiger partial charge in [0.05, 0.1) is 0 Å². The summed E-state index contributed by atoms with van der Waals surface area (Å²) in [6.07, 6.45) is 2.99. The van der Waals surface area contributed by atoms with E-state index in [1.807, 2.05) is 30.5 Å². The van der Waals surface area contributed by atoms with E-state index in [0.29, 0.717) is 18.1 Å². The largest absolute Gasteiger partial charge is 0.351 e. The number of carbonyl (C=O) groups is 1. The highest BCUT2D eigenvalue weighted by Crippen LogP contribution is 2.21. The van der Waals surface area contributed by atoms with Crippen LogP contribution in [0.25, 0.3) is 10.8 Å². The molecule has 1 amide bonds. The first-order valence-corrected chi connectivity index (χ1v) is 7.79. The van der Waals surface area contributed by atoms with Crippen LogP contribution in [0.15, 0.2) is 30.3 Å². The molecule has 0 aliphatic rings. The maximum atomic E-state index is 12.1. The van der Waals surface area contributed by atoms with Crippen LogP contribution < -0.4 is 16.6 Å². The fraction of sp³-hybridized carbons (Fsp3) is 0.286. The first-order valence-electron chi connectivity index (χ1n) is 6.40. The number of hydrazine groups is 1. The predicted octanol–water partition coefficient (Wildman–Crippen LogP) is 2.00. The molecule has 0 bridgehead atoms. The standard InChI is InChI=1S/C14H18N4OS/c1-20-8-4-7-16-14(19)12-9-10-5-2-3-6-11(10)13(17-12)18-15/h2-3,5-6,9H,4,7-8,15H2,1H3,(H,16,19)(H,17,18). The van der Waals surface area contributed by atoms with Gasteiger partial charge >= 0.3 is 0 Å². The van der Waals surface area contributed by atoms with Gasteiger partial charge in [-0.15, -0.1) is 0 Å². The molecule has 20 heavy (non-hydrogen) atoms. The molecule has 0 saturated carbocycles. The lowest BCUT2D eigenvalue weighted by atomic mass is 10.1. The van der Waals surface area contributed by atoms with E-state index in [0.717, 1.165) is 22.9 Å². The molecule has 0 saturated heterocycles. The number of thioether (sulfide) groups is 1. The van der Waals surface area contributed by atoms with Gasteiger partial charge in [0.15, 0.2) is 0 Å². The molecule has 1 heterocycles. The van der Waals surface area contributed by atoms with Crippen LogP contribution in [-0.2, 0) is 0 Å². The Morgan fingerprint density at radius 3 is 2.95 bits per heavy atom. The maximum absolute atomic E-state index is 12.1. The number of hydrogen-bond donors (Lipinski definition) is 3. The van der Waals surface area contributed by atoms with E-state index in [2.05, 4.69) is 15.7 Å². The number of amides is 1. The van der Waals surface area contributed by atoms with Crippen LogP contribution >= 0.6 is 11.8 Å². The molecule has 1 aromatic carbocycles. The van der Waals surface area contributed by atoms with Crippen molar-refractivity contribution in [1.29, 1.82) is 0 Å². The summed E-state index contributed by atoms with van der Waals surface area (Å²) < 4.78 is 0. The fourth-order valence-electron chi connectivity index (χ4n) is 1.93. The minimum absolute atomic E-state index is 0.173. The lowest BCUT2D eigenvalue weighted by molar-refractivity contribution is 0.0949. The number of carbonyl (C=O) groups excluding carboxylic acids is 1. The van der Waals surface area contributed by atoms with Gasteiger partial charge < -0.3 is 10.7 Å². The predicted molar refractivity (Wildman–Crippen MR) is 84.9 cm³/mol.